The SMILES string of the molecule is Nc1ccc2c(c1)CN(C(=O)c1ccc(F)c(Cl)c1)CC2. The predicted octanol–water partition coefficient (Wildman–Crippen LogP) is 3.26. The van der Waals surface area contributed by atoms with Gasteiger partial charge in [-0.1, -0.05) is 17.7 Å². The van der Waals surface area contributed by atoms with Gasteiger partial charge in [0.15, 0.2) is 0 Å². The van der Waals surface area contributed by atoms with Crippen LogP contribution in [-0.4, -0.2) is 17.4 Å². The van der Waals surface area contributed by atoms with Crippen molar-refractivity contribution in [3.8, 4) is 0 Å². The monoisotopic (exact) mass is 304 g/mol. The zero-order valence-electron chi connectivity index (χ0n) is 11.3. The highest BCUT2D eigenvalue weighted by Gasteiger charge is 2.22. The Bertz CT molecular complexity index is 717. The normalized spacial score (nSPS) is 13.9. The molecule has 0 aliphatic carbocycles. The minimum absolute atomic E-state index is 0.0393. The van der Waals surface area contributed by atoms with Crippen LogP contribution in [0, 0.1) is 5.82 Å². The van der Waals surface area contributed by atoms with Crippen molar-refractivity contribution in [2.75, 3.05) is 12.3 Å². The van der Waals surface area contributed by atoms with E-state index < -0.39 is 5.82 Å². The third-order valence-corrected chi connectivity index (χ3v) is 3.99. The molecule has 2 aromatic rings. The van der Waals surface area contributed by atoms with E-state index in [1.54, 1.807) is 4.90 Å². The zero-order valence-corrected chi connectivity index (χ0v) is 12.0. The van der Waals surface area contributed by atoms with Crippen molar-refractivity contribution in [3.05, 3.63) is 63.9 Å². The number of anilines is 1. The number of benzene rings is 2. The highest BCUT2D eigenvalue weighted by atomic mass is 35.5. The molecule has 0 bridgehead atoms. The maximum Gasteiger partial charge on any atom is 0.254 e. The van der Waals surface area contributed by atoms with Gasteiger partial charge in [-0.15, -0.1) is 0 Å². The van der Waals surface area contributed by atoms with Crippen molar-refractivity contribution in [3.63, 3.8) is 0 Å². The van der Waals surface area contributed by atoms with Gasteiger partial charge < -0.3 is 10.6 Å². The number of hydrogen-bond donors (Lipinski definition) is 1. The Morgan fingerprint density at radius 2 is 2.00 bits per heavy atom. The number of halogens is 2. The van der Waals surface area contributed by atoms with Crippen LogP contribution in [0.25, 0.3) is 0 Å². The lowest BCUT2D eigenvalue weighted by molar-refractivity contribution is 0.0734. The number of nitrogens with two attached hydrogens (primary N) is 1. The number of carbonyl (C=O) groups is 1. The van der Waals surface area contributed by atoms with Gasteiger partial charge in [0.25, 0.3) is 5.91 Å². The smallest absolute Gasteiger partial charge is 0.254 e. The average Bonchev–Trinajstić information content (AvgIpc) is 2.48. The molecule has 3 nitrogen and oxygen atoms in total. The molecule has 5 heteroatoms. The largest absolute Gasteiger partial charge is 0.399 e. The summed E-state index contributed by atoms with van der Waals surface area (Å²) >= 11 is 5.74. The number of nitrogens with zero attached hydrogens (tertiary/aromatic N) is 1. The second-order valence-electron chi connectivity index (χ2n) is 5.13. The number of nitrogen functional groups attached to an aromatic ring is 1. The molecule has 1 amide bonds. The summed E-state index contributed by atoms with van der Waals surface area (Å²) in [5, 5.41) is -0.0393. The second-order valence-corrected chi connectivity index (χ2v) is 5.54. The summed E-state index contributed by atoms with van der Waals surface area (Å²) in [7, 11) is 0. The third kappa shape index (κ3) is 2.72. The Balaban J connectivity index is 1.85. The molecule has 0 atom stereocenters. The highest BCUT2D eigenvalue weighted by Crippen LogP contribution is 2.24. The van der Waals surface area contributed by atoms with Gasteiger partial charge in [-0.2, -0.15) is 0 Å². The first-order valence-corrected chi connectivity index (χ1v) is 7.04. The van der Waals surface area contributed by atoms with E-state index in [0.717, 1.165) is 12.0 Å². The molecule has 108 valence electrons. The van der Waals surface area contributed by atoms with Crippen LogP contribution in [0.15, 0.2) is 36.4 Å². The fraction of sp³-hybridized carbons (Fsp3) is 0.188. The first kappa shape index (κ1) is 13.9. The summed E-state index contributed by atoms with van der Waals surface area (Å²) in [6, 6.07) is 9.81. The van der Waals surface area contributed by atoms with E-state index >= 15 is 0 Å². The van der Waals surface area contributed by atoms with Crippen LogP contribution in [0.1, 0.15) is 21.5 Å². The molecular weight excluding hydrogens is 291 g/mol. The summed E-state index contributed by atoms with van der Waals surface area (Å²) in [6.45, 7) is 1.14. The first-order chi connectivity index (χ1) is 10.0. The number of fused-ring (bicyclic) bond motifs is 1. The zero-order chi connectivity index (χ0) is 15.0. The molecule has 1 aliphatic heterocycles. The Morgan fingerprint density at radius 1 is 1.19 bits per heavy atom. The molecule has 1 aliphatic rings. The van der Waals surface area contributed by atoms with Crippen molar-refractivity contribution >= 4 is 23.2 Å². The van der Waals surface area contributed by atoms with E-state index in [-0.39, 0.29) is 10.9 Å². The third-order valence-electron chi connectivity index (χ3n) is 3.70. The van der Waals surface area contributed by atoms with Crippen LogP contribution < -0.4 is 5.73 Å². The van der Waals surface area contributed by atoms with Gasteiger partial charge in [0, 0.05) is 24.3 Å². The van der Waals surface area contributed by atoms with E-state index in [1.165, 1.54) is 23.8 Å². The van der Waals surface area contributed by atoms with Crippen LogP contribution in [-0.2, 0) is 13.0 Å². The summed E-state index contributed by atoms with van der Waals surface area (Å²) in [4.78, 5) is 14.2. The van der Waals surface area contributed by atoms with Crippen LogP contribution in [0.4, 0.5) is 10.1 Å². The Hall–Kier alpha value is -2.07. The molecule has 0 spiro atoms. The molecule has 0 aromatic heterocycles. The van der Waals surface area contributed by atoms with Gasteiger partial charge in [-0.3, -0.25) is 4.79 Å². The Kier molecular flexibility index (Phi) is 3.55. The van der Waals surface area contributed by atoms with E-state index in [2.05, 4.69) is 0 Å². The molecule has 0 saturated heterocycles. The average molecular weight is 305 g/mol. The fourth-order valence-corrected chi connectivity index (χ4v) is 2.74. The molecular formula is C16H14ClFN2O. The highest BCUT2D eigenvalue weighted by molar-refractivity contribution is 6.31. The fourth-order valence-electron chi connectivity index (χ4n) is 2.56. The summed E-state index contributed by atoms with van der Waals surface area (Å²) in [5.74, 6) is -0.671. The second kappa shape index (κ2) is 5.37. The minimum atomic E-state index is -0.523. The minimum Gasteiger partial charge on any atom is -0.399 e. The molecule has 21 heavy (non-hydrogen) atoms. The van der Waals surface area contributed by atoms with Gasteiger partial charge in [0.1, 0.15) is 5.82 Å². The van der Waals surface area contributed by atoms with Crippen molar-refractivity contribution in [2.24, 2.45) is 0 Å². The van der Waals surface area contributed by atoms with Crippen molar-refractivity contribution in [1.82, 2.24) is 4.90 Å². The molecule has 1 heterocycles. The number of amides is 1. The topological polar surface area (TPSA) is 46.3 Å². The molecule has 2 aromatic carbocycles. The lowest BCUT2D eigenvalue weighted by Crippen LogP contribution is -2.36. The maximum atomic E-state index is 13.2. The van der Waals surface area contributed by atoms with E-state index in [1.807, 2.05) is 18.2 Å². The molecule has 0 unspecified atom stereocenters. The van der Waals surface area contributed by atoms with Gasteiger partial charge >= 0.3 is 0 Å². The van der Waals surface area contributed by atoms with Crippen LogP contribution >= 0.6 is 11.6 Å². The van der Waals surface area contributed by atoms with Gasteiger partial charge in [0.2, 0.25) is 0 Å². The van der Waals surface area contributed by atoms with Crippen LogP contribution in [0.3, 0.4) is 0 Å². The Morgan fingerprint density at radius 3 is 2.76 bits per heavy atom. The lowest BCUT2D eigenvalue weighted by Gasteiger charge is -2.29. The van der Waals surface area contributed by atoms with Gasteiger partial charge in [0.05, 0.1) is 5.02 Å². The molecule has 3 rings (SSSR count). The van der Waals surface area contributed by atoms with E-state index in [4.69, 9.17) is 17.3 Å². The predicted molar refractivity (Wildman–Crippen MR) is 80.7 cm³/mol. The van der Waals surface area contributed by atoms with Crippen molar-refractivity contribution in [2.45, 2.75) is 13.0 Å². The molecule has 2 N–H and O–H groups in total. The van der Waals surface area contributed by atoms with Crippen molar-refractivity contribution in [1.29, 1.82) is 0 Å². The number of rotatable bonds is 1. The Labute approximate surface area is 127 Å². The summed E-state index contributed by atoms with van der Waals surface area (Å²) in [5.41, 5.74) is 9.14. The molecule has 0 radical (unpaired) electrons. The molecule has 0 fully saturated rings. The summed E-state index contributed by atoms with van der Waals surface area (Å²) in [6.07, 6.45) is 0.788. The molecule has 0 saturated carbocycles. The van der Waals surface area contributed by atoms with Crippen LogP contribution in [0.2, 0.25) is 5.02 Å². The standard InChI is InChI=1S/C16H14ClFN2O/c17-14-8-11(2-4-15(14)18)16(21)20-6-5-10-1-3-13(19)7-12(10)9-20/h1-4,7-8H,5-6,9,19H2. The number of hydrogen-bond acceptors (Lipinski definition) is 2. The first-order valence-electron chi connectivity index (χ1n) is 6.66. The van der Waals surface area contributed by atoms with Crippen molar-refractivity contribution < 1.29 is 9.18 Å². The maximum absolute atomic E-state index is 13.2. The van der Waals surface area contributed by atoms with E-state index in [9.17, 15) is 9.18 Å². The quantitative estimate of drug-likeness (QED) is 0.822. The summed E-state index contributed by atoms with van der Waals surface area (Å²) < 4.78 is 13.2. The lowest BCUT2D eigenvalue weighted by atomic mass is 9.98. The van der Waals surface area contributed by atoms with Gasteiger partial charge in [-0.05, 0) is 47.9 Å². The van der Waals surface area contributed by atoms with E-state index in [0.29, 0.717) is 24.3 Å². The van der Waals surface area contributed by atoms with Gasteiger partial charge in [-0.25, -0.2) is 4.39 Å². The number of carbonyl (C=O) groups excluding carboxylic acids is 1. The van der Waals surface area contributed by atoms with Crippen LogP contribution in [0.5, 0.6) is 0 Å².